The van der Waals surface area contributed by atoms with Crippen molar-refractivity contribution in [1.82, 2.24) is 15.6 Å². The summed E-state index contributed by atoms with van der Waals surface area (Å²) in [5.74, 6) is 0.411. The third kappa shape index (κ3) is 9.44. The number of hydrogen-bond donors (Lipinski definition) is 2. The second-order valence-electron chi connectivity index (χ2n) is 4.38. The normalized spacial score (nSPS) is 12.0. The quantitative estimate of drug-likeness (QED) is 0.381. The van der Waals surface area contributed by atoms with E-state index in [1.807, 2.05) is 13.1 Å². The average molecular weight is 450 g/mol. The zero-order chi connectivity index (χ0) is 15.7. The zero-order valence-electron chi connectivity index (χ0n) is 12.7. The molecule has 0 fully saturated rings. The molecule has 0 saturated carbocycles. The summed E-state index contributed by atoms with van der Waals surface area (Å²) in [6.07, 6.45) is -1.52. The van der Waals surface area contributed by atoms with Crippen molar-refractivity contribution in [2.24, 2.45) is 4.99 Å². The van der Waals surface area contributed by atoms with Crippen molar-refractivity contribution in [3.8, 4) is 0 Å². The fourth-order valence-electron chi connectivity index (χ4n) is 1.55. The van der Waals surface area contributed by atoms with Crippen molar-refractivity contribution in [2.75, 3.05) is 19.6 Å². The van der Waals surface area contributed by atoms with E-state index in [0.29, 0.717) is 19.0 Å². The van der Waals surface area contributed by atoms with E-state index in [4.69, 9.17) is 0 Å². The number of rotatable bonds is 7. The lowest BCUT2D eigenvalue weighted by atomic mass is 10.4. The summed E-state index contributed by atoms with van der Waals surface area (Å²) in [7, 11) is 0. The SMILES string of the molecule is CCNC(=NCCC(F)(F)F)NCCc1ncc(CC)s1.I. The minimum absolute atomic E-state index is 0. The van der Waals surface area contributed by atoms with Crippen LogP contribution >= 0.6 is 35.3 Å². The predicted molar refractivity (Wildman–Crippen MR) is 95.3 cm³/mol. The maximum atomic E-state index is 12.1. The molecule has 128 valence electrons. The average Bonchev–Trinajstić information content (AvgIpc) is 2.85. The van der Waals surface area contributed by atoms with Crippen LogP contribution in [0, 0.1) is 0 Å². The lowest BCUT2D eigenvalue weighted by Crippen LogP contribution is -2.38. The third-order valence-corrected chi connectivity index (χ3v) is 3.79. The van der Waals surface area contributed by atoms with Gasteiger partial charge in [0.25, 0.3) is 0 Å². The first-order valence-corrected chi connectivity index (χ1v) is 7.78. The van der Waals surface area contributed by atoms with Crippen LogP contribution in [0.5, 0.6) is 0 Å². The van der Waals surface area contributed by atoms with Crippen LogP contribution in [0.15, 0.2) is 11.2 Å². The van der Waals surface area contributed by atoms with E-state index < -0.39 is 12.6 Å². The largest absolute Gasteiger partial charge is 0.390 e. The van der Waals surface area contributed by atoms with Crippen molar-refractivity contribution in [3.63, 3.8) is 0 Å². The van der Waals surface area contributed by atoms with Gasteiger partial charge in [-0.15, -0.1) is 35.3 Å². The van der Waals surface area contributed by atoms with Gasteiger partial charge in [0.1, 0.15) is 0 Å². The van der Waals surface area contributed by atoms with E-state index >= 15 is 0 Å². The molecular weight excluding hydrogens is 428 g/mol. The van der Waals surface area contributed by atoms with Crippen LogP contribution in [0.4, 0.5) is 13.2 Å². The van der Waals surface area contributed by atoms with Gasteiger partial charge in [0.15, 0.2) is 5.96 Å². The molecule has 1 rings (SSSR count). The molecule has 0 saturated heterocycles. The fourth-order valence-corrected chi connectivity index (χ4v) is 2.41. The first-order chi connectivity index (χ1) is 9.94. The summed E-state index contributed by atoms with van der Waals surface area (Å²) in [5.41, 5.74) is 0. The first kappa shape index (κ1) is 21.4. The van der Waals surface area contributed by atoms with E-state index in [1.54, 1.807) is 11.3 Å². The van der Waals surface area contributed by atoms with Gasteiger partial charge in [-0.25, -0.2) is 4.98 Å². The lowest BCUT2D eigenvalue weighted by Gasteiger charge is -2.11. The Balaban J connectivity index is 0.00000441. The molecular formula is C13H22F3IN4S. The fraction of sp³-hybridized carbons (Fsp3) is 0.692. The Kier molecular flexibility index (Phi) is 10.7. The molecule has 0 aliphatic heterocycles. The topological polar surface area (TPSA) is 49.3 Å². The number of thiazole rings is 1. The van der Waals surface area contributed by atoms with Crippen LogP contribution < -0.4 is 10.6 Å². The highest BCUT2D eigenvalue weighted by molar-refractivity contribution is 14.0. The minimum atomic E-state index is -4.17. The predicted octanol–water partition coefficient (Wildman–Crippen LogP) is 3.37. The van der Waals surface area contributed by atoms with Crippen LogP contribution in [-0.2, 0) is 12.8 Å². The van der Waals surface area contributed by atoms with Crippen LogP contribution in [-0.4, -0.2) is 36.8 Å². The van der Waals surface area contributed by atoms with Crippen LogP contribution in [0.25, 0.3) is 0 Å². The molecule has 4 nitrogen and oxygen atoms in total. The van der Waals surface area contributed by atoms with E-state index in [9.17, 15) is 13.2 Å². The molecule has 1 heterocycles. The number of hydrogen-bond acceptors (Lipinski definition) is 3. The van der Waals surface area contributed by atoms with E-state index in [2.05, 4.69) is 27.5 Å². The Labute approximate surface area is 150 Å². The maximum absolute atomic E-state index is 12.1. The Morgan fingerprint density at radius 1 is 1.32 bits per heavy atom. The number of alkyl halides is 3. The molecule has 0 spiro atoms. The highest BCUT2D eigenvalue weighted by Crippen LogP contribution is 2.18. The van der Waals surface area contributed by atoms with Gasteiger partial charge >= 0.3 is 6.18 Å². The Morgan fingerprint density at radius 3 is 2.59 bits per heavy atom. The summed E-state index contributed by atoms with van der Waals surface area (Å²) < 4.78 is 36.3. The second-order valence-corrected chi connectivity index (χ2v) is 5.58. The molecule has 0 unspecified atom stereocenters. The molecule has 2 N–H and O–H groups in total. The smallest absolute Gasteiger partial charge is 0.357 e. The number of aliphatic imine (C=N–C) groups is 1. The van der Waals surface area contributed by atoms with Gasteiger partial charge in [-0.2, -0.15) is 13.2 Å². The van der Waals surface area contributed by atoms with E-state index in [0.717, 1.165) is 17.8 Å². The number of guanidine groups is 1. The van der Waals surface area contributed by atoms with Gasteiger partial charge in [-0.05, 0) is 13.3 Å². The molecule has 22 heavy (non-hydrogen) atoms. The molecule has 0 bridgehead atoms. The molecule has 9 heteroatoms. The molecule has 0 aromatic carbocycles. The third-order valence-electron chi connectivity index (χ3n) is 2.59. The summed E-state index contributed by atoms with van der Waals surface area (Å²) in [6, 6.07) is 0. The standard InChI is InChI=1S/C13H21F3N4S.HI/c1-3-10-9-20-11(21-10)5-7-18-12(17-4-2)19-8-6-13(14,15)16;/h9H,3-8H2,1-2H3,(H2,17,18,19);1H. The lowest BCUT2D eigenvalue weighted by molar-refractivity contribution is -0.132. The molecule has 0 amide bonds. The molecule has 0 aliphatic rings. The molecule has 1 aromatic heterocycles. The van der Waals surface area contributed by atoms with Crippen molar-refractivity contribution in [1.29, 1.82) is 0 Å². The van der Waals surface area contributed by atoms with Crippen molar-refractivity contribution in [2.45, 2.75) is 39.3 Å². The zero-order valence-corrected chi connectivity index (χ0v) is 15.8. The van der Waals surface area contributed by atoms with Crippen LogP contribution in [0.1, 0.15) is 30.2 Å². The highest BCUT2D eigenvalue weighted by Gasteiger charge is 2.26. The van der Waals surface area contributed by atoms with Gasteiger partial charge in [0, 0.05) is 30.6 Å². The van der Waals surface area contributed by atoms with Gasteiger partial charge in [-0.1, -0.05) is 6.92 Å². The van der Waals surface area contributed by atoms with Gasteiger partial charge in [-0.3, -0.25) is 4.99 Å². The van der Waals surface area contributed by atoms with Crippen molar-refractivity contribution < 1.29 is 13.2 Å². The van der Waals surface area contributed by atoms with E-state index in [-0.39, 0.29) is 30.5 Å². The highest BCUT2D eigenvalue weighted by atomic mass is 127. The maximum Gasteiger partial charge on any atom is 0.390 e. The van der Waals surface area contributed by atoms with Crippen LogP contribution in [0.2, 0.25) is 0 Å². The summed E-state index contributed by atoms with van der Waals surface area (Å²) >= 11 is 1.66. The Bertz CT molecular complexity index is 449. The molecule has 1 aromatic rings. The summed E-state index contributed by atoms with van der Waals surface area (Å²) in [4.78, 5) is 9.43. The number of aryl methyl sites for hydroxylation is 1. The van der Waals surface area contributed by atoms with Crippen molar-refractivity contribution >= 4 is 41.3 Å². The van der Waals surface area contributed by atoms with Crippen molar-refractivity contribution in [3.05, 3.63) is 16.1 Å². The molecule has 0 atom stereocenters. The molecule has 0 radical (unpaired) electrons. The number of aromatic nitrogens is 1. The second kappa shape index (κ2) is 11.0. The summed E-state index contributed by atoms with van der Waals surface area (Å²) in [6.45, 7) is 4.88. The first-order valence-electron chi connectivity index (χ1n) is 6.97. The van der Waals surface area contributed by atoms with E-state index in [1.165, 1.54) is 4.88 Å². The number of halogens is 4. The monoisotopic (exact) mass is 450 g/mol. The minimum Gasteiger partial charge on any atom is -0.357 e. The Hall–Kier alpha value is -0.580. The summed E-state index contributed by atoms with van der Waals surface area (Å²) in [5, 5.41) is 6.97. The number of nitrogens with one attached hydrogen (secondary N) is 2. The van der Waals surface area contributed by atoms with Gasteiger partial charge in [0.2, 0.25) is 0 Å². The van der Waals surface area contributed by atoms with Crippen LogP contribution in [0.3, 0.4) is 0 Å². The van der Waals surface area contributed by atoms with Gasteiger partial charge in [0.05, 0.1) is 18.0 Å². The molecule has 0 aliphatic carbocycles. The number of nitrogens with zero attached hydrogens (tertiary/aromatic N) is 2. The Morgan fingerprint density at radius 2 is 2.05 bits per heavy atom. The van der Waals surface area contributed by atoms with Gasteiger partial charge < -0.3 is 10.6 Å².